The molecular weight excluding hydrogens is 326 g/mol. The Balaban J connectivity index is 1.56. The largest absolute Gasteiger partial charge is 0.378 e. The Bertz CT molecular complexity index is 1200. The Morgan fingerprint density at radius 1 is 1.08 bits per heavy atom. The summed E-state index contributed by atoms with van der Waals surface area (Å²) < 4.78 is 3.51. The van der Waals surface area contributed by atoms with Crippen LogP contribution >= 0.6 is 0 Å². The summed E-state index contributed by atoms with van der Waals surface area (Å²) in [6.07, 6.45) is 3.59. The molecule has 0 saturated carbocycles. The zero-order valence-electron chi connectivity index (χ0n) is 14.6. The predicted molar refractivity (Wildman–Crippen MR) is 102 cm³/mol. The van der Waals surface area contributed by atoms with Gasteiger partial charge in [-0.25, -0.2) is 0 Å². The van der Waals surface area contributed by atoms with E-state index in [1.807, 2.05) is 28.7 Å². The van der Waals surface area contributed by atoms with Gasteiger partial charge in [0.2, 0.25) is 5.78 Å². The number of nitrogens with one attached hydrogen (secondary N) is 1. The number of hydrogen-bond acceptors (Lipinski definition) is 4. The quantitative estimate of drug-likeness (QED) is 0.620. The molecule has 4 aromatic rings. The van der Waals surface area contributed by atoms with Crippen molar-refractivity contribution in [3.63, 3.8) is 0 Å². The van der Waals surface area contributed by atoms with Gasteiger partial charge in [-0.05, 0) is 54.7 Å². The van der Waals surface area contributed by atoms with Gasteiger partial charge in [0.1, 0.15) is 0 Å². The monoisotopic (exact) mass is 345 g/mol. The molecule has 6 heteroatoms. The normalized spacial score (nSPS) is 13.4. The van der Waals surface area contributed by atoms with Crippen molar-refractivity contribution in [3.8, 4) is 0 Å². The number of fused-ring (bicyclic) bond motifs is 4. The molecule has 6 nitrogen and oxygen atoms in total. The summed E-state index contributed by atoms with van der Waals surface area (Å²) >= 11 is 0. The second-order valence-electron chi connectivity index (χ2n) is 6.82. The first-order chi connectivity index (χ1) is 12.7. The molecule has 1 aliphatic rings. The van der Waals surface area contributed by atoms with Crippen LogP contribution in [-0.2, 0) is 26.4 Å². The maximum atomic E-state index is 12.5. The van der Waals surface area contributed by atoms with Crippen LogP contribution in [0.4, 0.5) is 5.69 Å². The summed E-state index contributed by atoms with van der Waals surface area (Å²) in [5, 5.41) is 12.7. The molecule has 2 aromatic carbocycles. The molecule has 0 aliphatic heterocycles. The van der Waals surface area contributed by atoms with Crippen molar-refractivity contribution >= 4 is 22.4 Å². The van der Waals surface area contributed by atoms with Crippen molar-refractivity contribution in [1.82, 2.24) is 19.2 Å². The number of hydrogen-bond donors (Lipinski definition) is 1. The molecule has 2 aromatic heterocycles. The third-order valence-corrected chi connectivity index (χ3v) is 5.24. The Hall–Kier alpha value is -3.15. The number of aryl methyl sites for hydroxylation is 3. The summed E-state index contributed by atoms with van der Waals surface area (Å²) in [5.74, 6) is 1.34. The van der Waals surface area contributed by atoms with Crippen LogP contribution in [0.5, 0.6) is 0 Å². The van der Waals surface area contributed by atoms with E-state index in [0.29, 0.717) is 17.7 Å². The van der Waals surface area contributed by atoms with Crippen LogP contribution in [-0.4, -0.2) is 19.2 Å². The molecule has 0 spiro atoms. The highest BCUT2D eigenvalue weighted by Crippen LogP contribution is 2.25. The van der Waals surface area contributed by atoms with Crippen molar-refractivity contribution in [1.29, 1.82) is 0 Å². The minimum Gasteiger partial charge on any atom is -0.378 e. The molecule has 0 amide bonds. The van der Waals surface area contributed by atoms with Gasteiger partial charge in [0.15, 0.2) is 5.82 Å². The van der Waals surface area contributed by atoms with Crippen LogP contribution in [0.1, 0.15) is 23.4 Å². The third kappa shape index (κ3) is 2.22. The number of aromatic nitrogens is 4. The van der Waals surface area contributed by atoms with E-state index in [1.54, 1.807) is 11.6 Å². The Morgan fingerprint density at radius 3 is 2.85 bits per heavy atom. The van der Waals surface area contributed by atoms with Gasteiger partial charge in [-0.15, -0.1) is 10.2 Å². The topological polar surface area (TPSA) is 64.2 Å². The van der Waals surface area contributed by atoms with Gasteiger partial charge >= 0.3 is 0 Å². The lowest BCUT2D eigenvalue weighted by Gasteiger charge is -2.10. The molecule has 1 N–H and O–H groups in total. The molecular formula is C20H19N5O. The number of benzene rings is 2. The minimum absolute atomic E-state index is 0.0568. The molecule has 0 saturated heterocycles. The molecule has 0 fully saturated rings. The van der Waals surface area contributed by atoms with Gasteiger partial charge < -0.3 is 5.32 Å². The van der Waals surface area contributed by atoms with Gasteiger partial charge in [-0.2, -0.15) is 0 Å². The SMILES string of the molecule is Cn1c(=O)c2ccccc2n2c(CNc3ccc4c(c3)CCC4)nnc12. The van der Waals surface area contributed by atoms with E-state index in [4.69, 9.17) is 0 Å². The molecule has 0 unspecified atom stereocenters. The highest BCUT2D eigenvalue weighted by atomic mass is 16.1. The standard InChI is InChI=1S/C20H19N5O/c1-24-19(26)16-7-2-3-8-17(16)25-18(22-23-20(24)25)12-21-15-10-9-13-5-4-6-14(13)11-15/h2-3,7-11,21H,4-6,12H2,1H3. The highest BCUT2D eigenvalue weighted by Gasteiger charge is 2.15. The first-order valence-electron chi connectivity index (χ1n) is 8.90. The average Bonchev–Trinajstić information content (AvgIpc) is 3.31. The van der Waals surface area contributed by atoms with Gasteiger partial charge in [0, 0.05) is 12.7 Å². The van der Waals surface area contributed by atoms with Crippen LogP contribution in [0.25, 0.3) is 16.7 Å². The van der Waals surface area contributed by atoms with Crippen LogP contribution in [0.2, 0.25) is 0 Å². The fraction of sp³-hybridized carbons (Fsp3) is 0.250. The fourth-order valence-corrected chi connectivity index (χ4v) is 3.87. The van der Waals surface area contributed by atoms with E-state index in [1.165, 1.54) is 24.0 Å². The van der Waals surface area contributed by atoms with E-state index < -0.39 is 0 Å². The lowest BCUT2D eigenvalue weighted by atomic mass is 10.1. The summed E-state index contributed by atoms with van der Waals surface area (Å²) in [6, 6.07) is 14.2. The fourth-order valence-electron chi connectivity index (χ4n) is 3.87. The summed E-state index contributed by atoms with van der Waals surface area (Å²) in [7, 11) is 1.73. The first kappa shape index (κ1) is 15.1. The van der Waals surface area contributed by atoms with Crippen molar-refractivity contribution in [2.75, 3.05) is 5.32 Å². The van der Waals surface area contributed by atoms with Gasteiger partial charge in [0.25, 0.3) is 5.56 Å². The van der Waals surface area contributed by atoms with Gasteiger partial charge in [-0.1, -0.05) is 18.2 Å². The van der Waals surface area contributed by atoms with Crippen LogP contribution in [0.3, 0.4) is 0 Å². The minimum atomic E-state index is -0.0568. The van der Waals surface area contributed by atoms with Crippen molar-refractivity contribution < 1.29 is 0 Å². The van der Waals surface area contributed by atoms with Crippen LogP contribution in [0, 0.1) is 0 Å². The molecule has 26 heavy (non-hydrogen) atoms. The second-order valence-corrected chi connectivity index (χ2v) is 6.82. The number of para-hydroxylation sites is 1. The zero-order chi connectivity index (χ0) is 17.7. The molecule has 5 rings (SSSR count). The molecule has 130 valence electrons. The number of rotatable bonds is 3. The highest BCUT2D eigenvalue weighted by molar-refractivity contribution is 5.80. The molecule has 0 bridgehead atoms. The van der Waals surface area contributed by atoms with E-state index in [2.05, 4.69) is 33.7 Å². The third-order valence-electron chi connectivity index (χ3n) is 5.24. The second kappa shape index (κ2) is 5.69. The Labute approximate surface area is 150 Å². The maximum absolute atomic E-state index is 12.5. The summed E-state index contributed by atoms with van der Waals surface area (Å²) in [4.78, 5) is 12.5. The lowest BCUT2D eigenvalue weighted by Crippen LogP contribution is -2.20. The van der Waals surface area contributed by atoms with Crippen molar-refractivity contribution in [2.45, 2.75) is 25.8 Å². The van der Waals surface area contributed by atoms with Crippen molar-refractivity contribution in [3.05, 3.63) is 69.8 Å². The van der Waals surface area contributed by atoms with E-state index in [0.717, 1.165) is 23.4 Å². The number of anilines is 1. The smallest absolute Gasteiger partial charge is 0.262 e. The first-order valence-corrected chi connectivity index (χ1v) is 8.90. The maximum Gasteiger partial charge on any atom is 0.262 e. The van der Waals surface area contributed by atoms with E-state index >= 15 is 0 Å². The Kier molecular flexibility index (Phi) is 3.31. The van der Waals surface area contributed by atoms with Crippen molar-refractivity contribution in [2.24, 2.45) is 7.05 Å². The average molecular weight is 345 g/mol. The summed E-state index contributed by atoms with van der Waals surface area (Å²) in [6.45, 7) is 0.544. The number of nitrogens with zero attached hydrogens (tertiary/aromatic N) is 4. The Morgan fingerprint density at radius 2 is 1.92 bits per heavy atom. The molecule has 0 atom stereocenters. The molecule has 1 aliphatic carbocycles. The summed E-state index contributed by atoms with van der Waals surface area (Å²) in [5.41, 5.74) is 4.77. The van der Waals surface area contributed by atoms with Crippen LogP contribution < -0.4 is 10.9 Å². The lowest BCUT2D eigenvalue weighted by molar-refractivity contribution is 0.855. The van der Waals surface area contributed by atoms with E-state index in [9.17, 15) is 4.79 Å². The van der Waals surface area contributed by atoms with Gasteiger partial charge in [-0.3, -0.25) is 13.8 Å². The van der Waals surface area contributed by atoms with E-state index in [-0.39, 0.29) is 5.56 Å². The zero-order valence-corrected chi connectivity index (χ0v) is 14.6. The van der Waals surface area contributed by atoms with Crippen LogP contribution in [0.15, 0.2) is 47.3 Å². The molecule has 2 heterocycles. The predicted octanol–water partition coefficient (Wildman–Crippen LogP) is 2.68. The molecule has 0 radical (unpaired) electrons. The van der Waals surface area contributed by atoms with Gasteiger partial charge in [0.05, 0.1) is 17.4 Å².